The van der Waals surface area contributed by atoms with Gasteiger partial charge in [-0.25, -0.2) is 9.37 Å². The van der Waals surface area contributed by atoms with Gasteiger partial charge in [0.15, 0.2) is 11.5 Å². The third-order valence-electron chi connectivity index (χ3n) is 3.79. The van der Waals surface area contributed by atoms with Crippen LogP contribution in [-0.4, -0.2) is 15.3 Å². The van der Waals surface area contributed by atoms with Gasteiger partial charge in [0.1, 0.15) is 35.6 Å². The van der Waals surface area contributed by atoms with Crippen LogP contribution in [0.2, 0.25) is 5.15 Å². The fourth-order valence-electron chi connectivity index (χ4n) is 2.51. The van der Waals surface area contributed by atoms with Gasteiger partial charge in [0.05, 0.1) is 0 Å². The van der Waals surface area contributed by atoms with E-state index in [1.54, 1.807) is 48.7 Å². The molecule has 1 aromatic carbocycles. The Morgan fingerprint density at radius 3 is 2.19 bits per heavy atom. The molecule has 0 spiro atoms. The summed E-state index contributed by atoms with van der Waals surface area (Å²) in [5.41, 5.74) is 2.05. The van der Waals surface area contributed by atoms with E-state index in [0.29, 0.717) is 39.2 Å². The Morgan fingerprint density at radius 2 is 1.52 bits per heavy atom. The van der Waals surface area contributed by atoms with Crippen LogP contribution in [-0.2, 0) is 18.0 Å². The van der Waals surface area contributed by atoms with Gasteiger partial charge in [0, 0.05) is 29.5 Å². The molecule has 0 unspecified atom stereocenters. The fourth-order valence-corrected chi connectivity index (χ4v) is 2.73. The molecule has 0 aliphatic carbocycles. The van der Waals surface area contributed by atoms with E-state index in [2.05, 4.69) is 15.3 Å². The number of hydrogen-bond donors (Lipinski definition) is 0. The number of halogens is 2. The van der Waals surface area contributed by atoms with Crippen LogP contribution in [0.3, 0.4) is 0 Å². The van der Waals surface area contributed by atoms with Crippen LogP contribution in [0.4, 0.5) is 4.39 Å². The van der Waals surface area contributed by atoms with E-state index < -0.39 is 0 Å². The summed E-state index contributed by atoms with van der Waals surface area (Å²) in [5.74, 6) is 0.642. The van der Waals surface area contributed by atoms with Crippen LogP contribution in [0.25, 0.3) is 22.5 Å². The van der Waals surface area contributed by atoms with Gasteiger partial charge in [0.2, 0.25) is 0 Å². The lowest BCUT2D eigenvalue weighted by atomic mass is 10.1. The monoisotopic (exact) mass is 385 g/mol. The fraction of sp³-hybridized carbons (Fsp3) is 0.105. The average molecular weight is 386 g/mol. The Morgan fingerprint density at radius 1 is 0.889 bits per heavy atom. The Balaban J connectivity index is 1.37. The molecule has 0 bridgehead atoms. The summed E-state index contributed by atoms with van der Waals surface area (Å²) >= 11 is 6.05. The zero-order valence-electron chi connectivity index (χ0n) is 13.9. The summed E-state index contributed by atoms with van der Waals surface area (Å²) in [5, 5.41) is 8.19. The van der Waals surface area contributed by atoms with E-state index in [1.165, 1.54) is 6.07 Å². The van der Waals surface area contributed by atoms with Crippen molar-refractivity contribution in [1.82, 2.24) is 15.3 Å². The number of rotatable bonds is 6. The molecule has 8 heteroatoms. The largest absolute Gasteiger partial charge is 0.365 e. The smallest absolute Gasteiger partial charge is 0.163 e. The summed E-state index contributed by atoms with van der Waals surface area (Å²) in [6.07, 6.45) is 1.60. The van der Waals surface area contributed by atoms with E-state index >= 15 is 0 Å². The molecule has 0 saturated heterocycles. The minimum absolute atomic E-state index is 0.158. The molecule has 0 aliphatic heterocycles. The maximum atomic E-state index is 13.8. The van der Waals surface area contributed by atoms with Crippen LogP contribution in [0.5, 0.6) is 0 Å². The Bertz CT molecular complexity index is 980. The molecule has 0 fully saturated rings. The summed E-state index contributed by atoms with van der Waals surface area (Å²) in [7, 11) is 0. The summed E-state index contributed by atoms with van der Waals surface area (Å²) in [4.78, 5) is 4.01. The first-order valence-electron chi connectivity index (χ1n) is 8.05. The molecule has 4 aromatic rings. The quantitative estimate of drug-likeness (QED) is 0.439. The highest BCUT2D eigenvalue weighted by atomic mass is 35.5. The molecule has 0 radical (unpaired) electrons. The van der Waals surface area contributed by atoms with Crippen molar-refractivity contribution in [3.05, 3.63) is 77.2 Å². The molecular formula is C19H13ClFN3O3. The second-order valence-electron chi connectivity index (χ2n) is 5.67. The molecule has 0 N–H and O–H groups in total. The Kier molecular flexibility index (Phi) is 4.95. The molecule has 4 rings (SSSR count). The van der Waals surface area contributed by atoms with Crippen molar-refractivity contribution >= 4 is 11.6 Å². The van der Waals surface area contributed by atoms with E-state index in [9.17, 15) is 4.39 Å². The lowest BCUT2D eigenvalue weighted by Gasteiger charge is -1.97. The number of ether oxygens (including phenoxy) is 1. The zero-order chi connectivity index (χ0) is 18.6. The lowest BCUT2D eigenvalue weighted by molar-refractivity contribution is 0.0727. The topological polar surface area (TPSA) is 74.2 Å². The number of benzene rings is 1. The molecule has 3 aromatic heterocycles. The minimum Gasteiger partial charge on any atom is -0.365 e. The van der Waals surface area contributed by atoms with Crippen LogP contribution >= 0.6 is 11.6 Å². The molecule has 0 saturated carbocycles. The van der Waals surface area contributed by atoms with Gasteiger partial charge in [-0.2, -0.15) is 0 Å². The predicted molar refractivity (Wildman–Crippen MR) is 95.1 cm³/mol. The third kappa shape index (κ3) is 3.89. The van der Waals surface area contributed by atoms with Gasteiger partial charge in [-0.3, -0.25) is 0 Å². The number of aromatic nitrogens is 3. The van der Waals surface area contributed by atoms with Crippen molar-refractivity contribution in [2.45, 2.75) is 13.2 Å². The SMILES string of the molecule is Fc1ccccc1-c1cc(COCc2cc(-c3cccnc3Cl)no2)on1. The van der Waals surface area contributed by atoms with Gasteiger partial charge in [-0.05, 0) is 24.3 Å². The molecule has 6 nitrogen and oxygen atoms in total. The van der Waals surface area contributed by atoms with Crippen molar-refractivity contribution in [3.63, 3.8) is 0 Å². The average Bonchev–Trinajstić information content (AvgIpc) is 3.33. The first-order chi connectivity index (χ1) is 13.2. The van der Waals surface area contributed by atoms with E-state index in [0.717, 1.165) is 0 Å². The predicted octanol–water partition coefficient (Wildman–Crippen LogP) is 4.90. The van der Waals surface area contributed by atoms with Crippen molar-refractivity contribution in [3.8, 4) is 22.5 Å². The van der Waals surface area contributed by atoms with Crippen molar-refractivity contribution in [2.75, 3.05) is 0 Å². The molecule has 0 atom stereocenters. The lowest BCUT2D eigenvalue weighted by Crippen LogP contribution is -1.91. The van der Waals surface area contributed by atoms with Crippen LogP contribution in [0.15, 0.2) is 63.8 Å². The standard InChI is InChI=1S/C19H13ClFN3O3/c20-19-15(5-3-7-22-19)18-9-13(27-24-18)11-25-10-12-8-17(23-26-12)14-4-1-2-6-16(14)21/h1-9H,10-11H2. The van der Waals surface area contributed by atoms with Crippen molar-refractivity contribution < 1.29 is 18.2 Å². The zero-order valence-corrected chi connectivity index (χ0v) is 14.7. The normalized spacial score (nSPS) is 11.0. The second kappa shape index (κ2) is 7.69. The number of nitrogens with zero attached hydrogens (tertiary/aromatic N) is 3. The van der Waals surface area contributed by atoms with Crippen LogP contribution in [0.1, 0.15) is 11.5 Å². The van der Waals surface area contributed by atoms with E-state index in [4.69, 9.17) is 25.4 Å². The van der Waals surface area contributed by atoms with Crippen molar-refractivity contribution in [1.29, 1.82) is 0 Å². The van der Waals surface area contributed by atoms with E-state index in [-0.39, 0.29) is 19.0 Å². The molecule has 3 heterocycles. The minimum atomic E-state index is -0.360. The van der Waals surface area contributed by atoms with Gasteiger partial charge >= 0.3 is 0 Å². The van der Waals surface area contributed by atoms with Gasteiger partial charge in [-0.1, -0.05) is 34.0 Å². The molecule has 27 heavy (non-hydrogen) atoms. The first-order valence-corrected chi connectivity index (χ1v) is 8.43. The summed E-state index contributed by atoms with van der Waals surface area (Å²) in [6.45, 7) is 0.339. The Hall–Kier alpha value is -3.03. The second-order valence-corrected chi connectivity index (χ2v) is 6.03. The molecule has 0 aliphatic rings. The summed E-state index contributed by atoms with van der Waals surface area (Å²) < 4.78 is 29.8. The highest BCUT2D eigenvalue weighted by Crippen LogP contribution is 2.26. The summed E-state index contributed by atoms with van der Waals surface area (Å²) in [6, 6.07) is 13.3. The Labute approximate surface area is 158 Å². The van der Waals surface area contributed by atoms with Gasteiger partial charge in [-0.15, -0.1) is 0 Å². The third-order valence-corrected chi connectivity index (χ3v) is 4.09. The number of hydrogen-bond acceptors (Lipinski definition) is 6. The number of pyridine rings is 1. The van der Waals surface area contributed by atoms with E-state index in [1.807, 2.05) is 0 Å². The first kappa shape index (κ1) is 17.4. The van der Waals surface area contributed by atoms with Crippen LogP contribution in [0, 0.1) is 5.82 Å². The van der Waals surface area contributed by atoms with Gasteiger partial charge < -0.3 is 13.8 Å². The highest BCUT2D eigenvalue weighted by Gasteiger charge is 2.13. The van der Waals surface area contributed by atoms with Crippen LogP contribution < -0.4 is 0 Å². The molecule has 0 amide bonds. The highest BCUT2D eigenvalue weighted by molar-refractivity contribution is 6.31. The molecular weight excluding hydrogens is 373 g/mol. The van der Waals surface area contributed by atoms with Gasteiger partial charge in [0.25, 0.3) is 0 Å². The maximum Gasteiger partial charge on any atom is 0.163 e. The molecule has 136 valence electrons. The van der Waals surface area contributed by atoms with Crippen molar-refractivity contribution in [2.24, 2.45) is 0 Å². The maximum absolute atomic E-state index is 13.8.